The van der Waals surface area contributed by atoms with Gasteiger partial charge < -0.3 is 14.5 Å². The third-order valence-corrected chi connectivity index (χ3v) is 7.00. The summed E-state index contributed by atoms with van der Waals surface area (Å²) in [5, 5.41) is 0. The minimum Gasteiger partial charge on any atom is -0.383 e. The number of sulfone groups is 1. The summed E-state index contributed by atoms with van der Waals surface area (Å²) in [4.78, 5) is 26.0. The van der Waals surface area contributed by atoms with E-state index in [1.165, 1.54) is 12.0 Å². The molecule has 2 saturated heterocycles. The molecular formula is C15H22N2O5S. The van der Waals surface area contributed by atoms with Gasteiger partial charge in [-0.1, -0.05) is 0 Å². The number of carbonyl (C=O) groups excluding carboxylic acids is 2. The van der Waals surface area contributed by atoms with Crippen LogP contribution in [-0.4, -0.2) is 74.0 Å². The van der Waals surface area contributed by atoms with Crippen molar-refractivity contribution in [2.45, 2.75) is 30.6 Å². The molecular weight excluding hydrogens is 320 g/mol. The van der Waals surface area contributed by atoms with Gasteiger partial charge in [0.25, 0.3) is 0 Å². The van der Waals surface area contributed by atoms with Gasteiger partial charge in [0, 0.05) is 52.4 Å². The number of terminal acetylenes is 1. The molecule has 0 N–H and O–H groups in total. The number of ether oxygens (including phenoxy) is 1. The van der Waals surface area contributed by atoms with E-state index >= 15 is 0 Å². The highest BCUT2D eigenvalue weighted by Gasteiger charge is 2.58. The van der Waals surface area contributed by atoms with Crippen LogP contribution in [0.4, 0.5) is 0 Å². The fourth-order valence-corrected chi connectivity index (χ4v) is 5.39. The van der Waals surface area contributed by atoms with Crippen LogP contribution >= 0.6 is 0 Å². The Kier molecular flexibility index (Phi) is 5.32. The molecule has 8 heteroatoms. The molecule has 2 heterocycles. The molecule has 128 valence electrons. The van der Waals surface area contributed by atoms with Crippen LogP contribution in [0.15, 0.2) is 0 Å². The SMILES string of the molecule is C#CCCC(=O)N1CCC2(CC1)N(CCOC)C(=O)CS2(=O)=O. The maximum Gasteiger partial charge on any atom is 0.239 e. The summed E-state index contributed by atoms with van der Waals surface area (Å²) in [6.45, 7) is 1.17. The van der Waals surface area contributed by atoms with Crippen molar-refractivity contribution in [2.24, 2.45) is 0 Å². The monoisotopic (exact) mass is 342 g/mol. The van der Waals surface area contributed by atoms with E-state index in [1.807, 2.05) is 0 Å². The van der Waals surface area contributed by atoms with Crippen LogP contribution in [0.25, 0.3) is 0 Å². The quantitative estimate of drug-likeness (QED) is 0.636. The van der Waals surface area contributed by atoms with Crippen LogP contribution in [-0.2, 0) is 24.2 Å². The molecule has 0 aliphatic carbocycles. The lowest BCUT2D eigenvalue weighted by Gasteiger charge is -2.43. The lowest BCUT2D eigenvalue weighted by atomic mass is 10.0. The molecule has 0 aromatic carbocycles. The van der Waals surface area contributed by atoms with Gasteiger partial charge in [0.15, 0.2) is 9.84 Å². The van der Waals surface area contributed by atoms with Crippen molar-refractivity contribution >= 4 is 21.7 Å². The standard InChI is InChI=1S/C15H22N2O5S/c1-3-4-5-13(18)16-8-6-15(7-9-16)17(10-11-22-2)14(19)12-23(15,20)21/h1H,4-12H2,2H3. The number of hydrogen-bond donors (Lipinski definition) is 0. The molecule has 2 aliphatic rings. The average molecular weight is 342 g/mol. The molecule has 0 radical (unpaired) electrons. The van der Waals surface area contributed by atoms with E-state index < -0.39 is 20.5 Å². The van der Waals surface area contributed by atoms with Gasteiger partial charge in [-0.05, 0) is 0 Å². The Hall–Kier alpha value is -1.59. The lowest BCUT2D eigenvalue weighted by Crippen LogP contribution is -2.57. The number of amides is 2. The van der Waals surface area contributed by atoms with Crippen molar-refractivity contribution in [1.82, 2.24) is 9.80 Å². The number of carbonyl (C=O) groups is 2. The van der Waals surface area contributed by atoms with E-state index in [4.69, 9.17) is 11.2 Å². The van der Waals surface area contributed by atoms with Crippen LogP contribution < -0.4 is 0 Å². The second-order valence-electron chi connectivity index (χ2n) is 5.83. The highest BCUT2D eigenvalue weighted by molar-refractivity contribution is 7.93. The first-order chi connectivity index (χ1) is 10.9. The van der Waals surface area contributed by atoms with Crippen molar-refractivity contribution in [3.63, 3.8) is 0 Å². The van der Waals surface area contributed by atoms with E-state index in [9.17, 15) is 18.0 Å². The van der Waals surface area contributed by atoms with Crippen LogP contribution in [0.3, 0.4) is 0 Å². The summed E-state index contributed by atoms with van der Waals surface area (Å²) in [5.41, 5.74) is 0. The number of methoxy groups -OCH3 is 1. The van der Waals surface area contributed by atoms with Gasteiger partial charge in [-0.25, -0.2) is 8.42 Å². The van der Waals surface area contributed by atoms with Gasteiger partial charge in [-0.15, -0.1) is 12.3 Å². The normalized spacial score (nSPS) is 22.3. The van der Waals surface area contributed by atoms with Gasteiger partial charge in [0.2, 0.25) is 11.8 Å². The van der Waals surface area contributed by atoms with Crippen molar-refractivity contribution in [1.29, 1.82) is 0 Å². The van der Waals surface area contributed by atoms with Gasteiger partial charge >= 0.3 is 0 Å². The fourth-order valence-electron chi connectivity index (χ4n) is 3.30. The number of nitrogens with zero attached hydrogens (tertiary/aromatic N) is 2. The van der Waals surface area contributed by atoms with Gasteiger partial charge in [0.1, 0.15) is 10.6 Å². The first kappa shape index (κ1) is 17.8. The topological polar surface area (TPSA) is 84.0 Å². The van der Waals surface area contributed by atoms with Crippen LogP contribution in [0.1, 0.15) is 25.7 Å². The molecule has 0 aromatic rings. The summed E-state index contributed by atoms with van der Waals surface area (Å²) >= 11 is 0. The molecule has 7 nitrogen and oxygen atoms in total. The van der Waals surface area contributed by atoms with Crippen LogP contribution in [0.2, 0.25) is 0 Å². The lowest BCUT2D eigenvalue weighted by molar-refractivity contribution is -0.135. The van der Waals surface area contributed by atoms with Crippen LogP contribution in [0.5, 0.6) is 0 Å². The Morgan fingerprint density at radius 3 is 2.61 bits per heavy atom. The zero-order valence-electron chi connectivity index (χ0n) is 13.3. The summed E-state index contributed by atoms with van der Waals surface area (Å²) < 4.78 is 30.1. The Balaban J connectivity index is 2.13. The summed E-state index contributed by atoms with van der Waals surface area (Å²) in [7, 11) is -2.05. The van der Waals surface area contributed by atoms with Crippen molar-refractivity contribution in [2.75, 3.05) is 39.1 Å². The summed E-state index contributed by atoms with van der Waals surface area (Å²) in [6, 6.07) is 0. The highest BCUT2D eigenvalue weighted by Crippen LogP contribution is 2.39. The number of piperidine rings is 1. The number of likely N-dealkylation sites (tertiary alicyclic amines) is 1. The third-order valence-electron chi connectivity index (χ3n) is 4.59. The molecule has 0 unspecified atom stereocenters. The molecule has 2 rings (SSSR count). The molecule has 0 aromatic heterocycles. The molecule has 0 saturated carbocycles. The zero-order valence-corrected chi connectivity index (χ0v) is 14.1. The molecule has 2 fully saturated rings. The molecule has 23 heavy (non-hydrogen) atoms. The Morgan fingerprint density at radius 2 is 2.04 bits per heavy atom. The average Bonchev–Trinajstić information content (AvgIpc) is 2.69. The molecule has 0 atom stereocenters. The van der Waals surface area contributed by atoms with E-state index in [-0.39, 0.29) is 44.2 Å². The van der Waals surface area contributed by atoms with E-state index in [2.05, 4.69) is 5.92 Å². The van der Waals surface area contributed by atoms with Gasteiger partial charge in [-0.3, -0.25) is 9.59 Å². The van der Waals surface area contributed by atoms with Crippen LogP contribution in [0, 0.1) is 12.3 Å². The first-order valence-electron chi connectivity index (χ1n) is 7.61. The molecule has 1 spiro atoms. The van der Waals surface area contributed by atoms with Gasteiger partial charge in [-0.2, -0.15) is 0 Å². The maximum absolute atomic E-state index is 12.5. The minimum absolute atomic E-state index is 0.0667. The van der Waals surface area contributed by atoms with Crippen molar-refractivity contribution < 1.29 is 22.7 Å². The Labute approximate surface area is 136 Å². The number of rotatable bonds is 5. The largest absolute Gasteiger partial charge is 0.383 e. The summed E-state index contributed by atoms with van der Waals surface area (Å²) in [5.74, 6) is 1.52. The minimum atomic E-state index is -3.55. The third kappa shape index (κ3) is 3.21. The molecule has 2 amide bonds. The van der Waals surface area contributed by atoms with E-state index in [1.54, 1.807) is 4.90 Å². The van der Waals surface area contributed by atoms with Crippen molar-refractivity contribution in [3.8, 4) is 12.3 Å². The Morgan fingerprint density at radius 1 is 1.39 bits per heavy atom. The van der Waals surface area contributed by atoms with E-state index in [0.717, 1.165) is 0 Å². The van der Waals surface area contributed by atoms with Crippen molar-refractivity contribution in [3.05, 3.63) is 0 Å². The molecule has 2 aliphatic heterocycles. The summed E-state index contributed by atoms with van der Waals surface area (Å²) in [6.07, 6.45) is 6.28. The Bertz CT molecular complexity index is 614. The van der Waals surface area contributed by atoms with Gasteiger partial charge in [0.05, 0.1) is 6.61 Å². The smallest absolute Gasteiger partial charge is 0.239 e. The fraction of sp³-hybridized carbons (Fsp3) is 0.733. The second-order valence-corrected chi connectivity index (χ2v) is 8.11. The van der Waals surface area contributed by atoms with E-state index in [0.29, 0.717) is 19.5 Å². The first-order valence-corrected chi connectivity index (χ1v) is 9.26. The predicted octanol–water partition coefficient (Wildman–Crippen LogP) is -0.378. The zero-order chi connectivity index (χ0) is 17.1. The highest BCUT2D eigenvalue weighted by atomic mass is 32.2. The maximum atomic E-state index is 12.5. The predicted molar refractivity (Wildman–Crippen MR) is 84.0 cm³/mol. The number of hydrogen-bond acceptors (Lipinski definition) is 5. The second kappa shape index (κ2) is 6.89. The molecule has 0 bridgehead atoms.